The molecule has 3 rings (SSSR count). The normalized spacial score (nSPS) is 25.6. The van der Waals surface area contributed by atoms with Gasteiger partial charge in [0.2, 0.25) is 0 Å². The number of piperidine rings is 1. The second-order valence-corrected chi connectivity index (χ2v) is 9.80. The first-order chi connectivity index (χ1) is 14.3. The molecule has 0 N–H and O–H groups in total. The Kier molecular flexibility index (Phi) is 7.92. The third-order valence-corrected chi connectivity index (χ3v) is 7.29. The minimum atomic E-state index is -0.131. The Balaban J connectivity index is 1.58. The molecule has 1 aromatic rings. The van der Waals surface area contributed by atoms with Crippen LogP contribution in [-0.2, 0) is 0 Å². The summed E-state index contributed by atoms with van der Waals surface area (Å²) in [6.45, 7) is 14.4. The highest BCUT2D eigenvalue weighted by molar-refractivity contribution is 5.86. The zero-order valence-corrected chi connectivity index (χ0v) is 19.8. The van der Waals surface area contributed by atoms with E-state index < -0.39 is 0 Å². The molecule has 1 fully saturated rings. The zero-order chi connectivity index (χ0) is 21.8. The van der Waals surface area contributed by atoms with Crippen molar-refractivity contribution in [3.63, 3.8) is 0 Å². The van der Waals surface area contributed by atoms with Crippen molar-refractivity contribution in [2.24, 2.45) is 22.9 Å². The Labute approximate surface area is 183 Å². The first-order valence-corrected chi connectivity index (χ1v) is 11.7. The van der Waals surface area contributed by atoms with Crippen LogP contribution in [0.15, 0.2) is 29.4 Å². The van der Waals surface area contributed by atoms with Gasteiger partial charge < -0.3 is 9.80 Å². The lowest BCUT2D eigenvalue weighted by atomic mass is 9.78. The van der Waals surface area contributed by atoms with E-state index in [1.807, 2.05) is 6.07 Å². The molecule has 2 heterocycles. The van der Waals surface area contributed by atoms with Crippen LogP contribution in [0.3, 0.4) is 0 Å². The fraction of sp³-hybridized carbons (Fsp3) is 0.720. The largest absolute Gasteiger partial charge is 0.309 e. The molecule has 5 heteroatoms. The van der Waals surface area contributed by atoms with E-state index in [1.165, 1.54) is 18.6 Å². The summed E-state index contributed by atoms with van der Waals surface area (Å²) in [5, 5.41) is 7.07. The first kappa shape index (κ1) is 23.2. The van der Waals surface area contributed by atoms with Gasteiger partial charge in [0.05, 0.1) is 6.04 Å². The van der Waals surface area contributed by atoms with Gasteiger partial charge >= 0.3 is 0 Å². The lowest BCUT2D eigenvalue weighted by Gasteiger charge is -2.39. The van der Waals surface area contributed by atoms with Crippen LogP contribution < -0.4 is 0 Å². The highest BCUT2D eigenvalue weighted by atomic mass is 19.1. The average Bonchev–Trinajstić information content (AvgIpc) is 3.00. The molecule has 0 bridgehead atoms. The number of halogens is 1. The van der Waals surface area contributed by atoms with Crippen LogP contribution in [0.25, 0.3) is 0 Å². The number of benzene rings is 1. The van der Waals surface area contributed by atoms with Crippen molar-refractivity contribution < 1.29 is 4.39 Å². The first-order valence-electron chi connectivity index (χ1n) is 11.7. The summed E-state index contributed by atoms with van der Waals surface area (Å²) >= 11 is 0. The maximum Gasteiger partial charge on any atom is 0.123 e. The van der Waals surface area contributed by atoms with Crippen molar-refractivity contribution in [2.75, 3.05) is 46.8 Å². The van der Waals surface area contributed by atoms with Gasteiger partial charge in [-0.05, 0) is 90.3 Å². The van der Waals surface area contributed by atoms with Gasteiger partial charge in [0, 0.05) is 37.2 Å². The third-order valence-electron chi connectivity index (χ3n) is 7.29. The number of nitrogens with zero attached hydrogens (tertiary/aromatic N) is 4. The Morgan fingerprint density at radius 3 is 2.50 bits per heavy atom. The summed E-state index contributed by atoms with van der Waals surface area (Å²) < 4.78 is 13.9. The van der Waals surface area contributed by atoms with Crippen molar-refractivity contribution in [3.05, 3.63) is 35.6 Å². The topological polar surface area (TPSA) is 22.1 Å². The van der Waals surface area contributed by atoms with Gasteiger partial charge in [0.25, 0.3) is 0 Å². The van der Waals surface area contributed by atoms with Gasteiger partial charge in [0.1, 0.15) is 5.82 Å². The molecule has 0 spiro atoms. The third kappa shape index (κ3) is 5.42. The summed E-state index contributed by atoms with van der Waals surface area (Å²) in [4.78, 5) is 4.86. The second-order valence-electron chi connectivity index (χ2n) is 9.80. The van der Waals surface area contributed by atoms with E-state index in [0.717, 1.165) is 44.2 Å². The molecular weight excluding hydrogens is 375 g/mol. The van der Waals surface area contributed by atoms with Crippen LogP contribution in [-0.4, -0.2) is 73.4 Å². The van der Waals surface area contributed by atoms with Crippen LogP contribution in [0, 0.1) is 23.6 Å². The minimum absolute atomic E-state index is 0.131. The van der Waals surface area contributed by atoms with Crippen molar-refractivity contribution in [3.8, 4) is 0 Å². The van der Waals surface area contributed by atoms with Crippen LogP contribution in [0.2, 0.25) is 0 Å². The molecule has 4 atom stereocenters. The fourth-order valence-electron chi connectivity index (χ4n) is 5.76. The van der Waals surface area contributed by atoms with Gasteiger partial charge in [-0.1, -0.05) is 19.1 Å². The van der Waals surface area contributed by atoms with Gasteiger partial charge in [-0.2, -0.15) is 5.10 Å². The lowest BCUT2D eigenvalue weighted by molar-refractivity contribution is 0.115. The van der Waals surface area contributed by atoms with Crippen LogP contribution >= 0.6 is 0 Å². The van der Waals surface area contributed by atoms with Crippen molar-refractivity contribution >= 4 is 5.71 Å². The molecule has 1 saturated heterocycles. The monoisotopic (exact) mass is 416 g/mol. The molecule has 2 aliphatic rings. The van der Waals surface area contributed by atoms with Gasteiger partial charge in [0.15, 0.2) is 0 Å². The maximum absolute atomic E-state index is 13.9. The van der Waals surface area contributed by atoms with E-state index in [-0.39, 0.29) is 5.82 Å². The van der Waals surface area contributed by atoms with Crippen LogP contribution in [0.1, 0.15) is 52.0 Å². The Hall–Kier alpha value is -1.46. The maximum atomic E-state index is 13.9. The lowest BCUT2D eigenvalue weighted by Crippen LogP contribution is -2.43. The van der Waals surface area contributed by atoms with E-state index in [0.29, 0.717) is 23.8 Å². The highest BCUT2D eigenvalue weighted by Crippen LogP contribution is 2.35. The Bertz CT molecular complexity index is 711. The molecule has 4 nitrogen and oxygen atoms in total. The number of hydrogen-bond donors (Lipinski definition) is 0. The molecular formula is C25H41FN4. The molecule has 30 heavy (non-hydrogen) atoms. The summed E-state index contributed by atoms with van der Waals surface area (Å²) in [5.74, 6) is 2.05. The number of hydrazone groups is 1. The molecule has 3 unspecified atom stereocenters. The predicted molar refractivity (Wildman–Crippen MR) is 124 cm³/mol. The van der Waals surface area contributed by atoms with Gasteiger partial charge in [-0.15, -0.1) is 0 Å². The minimum Gasteiger partial charge on any atom is -0.309 e. The van der Waals surface area contributed by atoms with Crippen molar-refractivity contribution in [1.82, 2.24) is 14.8 Å². The average molecular weight is 417 g/mol. The highest BCUT2D eigenvalue weighted by Gasteiger charge is 2.38. The Morgan fingerprint density at radius 2 is 1.93 bits per heavy atom. The molecule has 2 aliphatic heterocycles. The standard InChI is InChI=1S/C25H41FN4/c1-7-30-20(4)25(19(3)27-30)21-11-13-29(14-12-21)16-18(2)24(17-28(5)6)22-9-8-10-23(26)15-22/h8-10,15,18,20-21,24-25H,7,11-14,16-17H2,1-6H3/t18-,20?,24?,25?/m1/s1. The summed E-state index contributed by atoms with van der Waals surface area (Å²) in [6.07, 6.45) is 2.51. The number of rotatable bonds is 8. The van der Waals surface area contributed by atoms with Crippen LogP contribution in [0.4, 0.5) is 4.39 Å². The van der Waals surface area contributed by atoms with Crippen molar-refractivity contribution in [2.45, 2.75) is 52.5 Å². The van der Waals surface area contributed by atoms with E-state index in [4.69, 9.17) is 5.10 Å². The molecule has 168 valence electrons. The summed E-state index contributed by atoms with van der Waals surface area (Å²) in [5.41, 5.74) is 2.45. The SMILES string of the molecule is CCN1N=C(C)C(C2CCN(C[C@@H](C)C(CN(C)C)c3cccc(F)c3)CC2)C1C. The smallest absolute Gasteiger partial charge is 0.123 e. The molecule has 0 aliphatic carbocycles. The van der Waals surface area contributed by atoms with Crippen LogP contribution in [0.5, 0.6) is 0 Å². The summed E-state index contributed by atoms with van der Waals surface area (Å²) in [6, 6.07) is 7.73. The summed E-state index contributed by atoms with van der Waals surface area (Å²) in [7, 11) is 4.22. The number of hydrogen-bond acceptors (Lipinski definition) is 4. The van der Waals surface area contributed by atoms with E-state index in [1.54, 1.807) is 12.1 Å². The molecule has 1 aromatic carbocycles. The second kappa shape index (κ2) is 10.2. The number of likely N-dealkylation sites (N-methyl/N-ethyl adjacent to an activating group) is 1. The van der Waals surface area contributed by atoms with E-state index in [2.05, 4.69) is 62.7 Å². The van der Waals surface area contributed by atoms with Gasteiger partial charge in [-0.3, -0.25) is 5.01 Å². The zero-order valence-electron chi connectivity index (χ0n) is 19.8. The molecule has 0 saturated carbocycles. The molecule has 0 amide bonds. The van der Waals surface area contributed by atoms with Gasteiger partial charge in [-0.25, -0.2) is 4.39 Å². The fourth-order valence-corrected chi connectivity index (χ4v) is 5.76. The Morgan fingerprint density at radius 1 is 1.23 bits per heavy atom. The quantitative estimate of drug-likeness (QED) is 0.621. The predicted octanol–water partition coefficient (Wildman–Crippen LogP) is 4.54. The van der Waals surface area contributed by atoms with E-state index >= 15 is 0 Å². The van der Waals surface area contributed by atoms with Crippen molar-refractivity contribution in [1.29, 1.82) is 0 Å². The number of likely N-dealkylation sites (tertiary alicyclic amines) is 1. The molecule has 0 aromatic heterocycles. The molecule has 0 radical (unpaired) electrons. The van der Waals surface area contributed by atoms with E-state index in [9.17, 15) is 4.39 Å².